The van der Waals surface area contributed by atoms with Crippen molar-refractivity contribution in [3.63, 3.8) is 0 Å². The maximum absolute atomic E-state index is 11.3. The summed E-state index contributed by atoms with van der Waals surface area (Å²) in [5.41, 5.74) is 0. The molecule has 1 rings (SSSR count). The maximum atomic E-state index is 11.3. The van der Waals surface area contributed by atoms with Gasteiger partial charge in [-0.1, -0.05) is 0 Å². The average molecular weight is 158 g/mol. The van der Waals surface area contributed by atoms with Crippen LogP contribution in [-0.4, -0.2) is 47.3 Å². The molecule has 0 radical (unpaired) electrons. The molecule has 1 fully saturated rings. The Morgan fingerprint density at radius 3 is 2.64 bits per heavy atom. The molecule has 1 aliphatic heterocycles. The van der Waals surface area contributed by atoms with Gasteiger partial charge in [0, 0.05) is 20.1 Å². The van der Waals surface area contributed by atoms with E-state index in [-0.39, 0.29) is 6.03 Å². The van der Waals surface area contributed by atoms with Gasteiger partial charge in [0.15, 0.2) is 0 Å². The van der Waals surface area contributed by atoms with Crippen LogP contribution >= 0.6 is 0 Å². The van der Waals surface area contributed by atoms with Crippen LogP contribution < -0.4 is 0 Å². The van der Waals surface area contributed by atoms with Gasteiger partial charge in [-0.3, -0.25) is 4.90 Å². The molecular formula is C7H14N2O2. The summed E-state index contributed by atoms with van der Waals surface area (Å²) >= 11 is 0. The van der Waals surface area contributed by atoms with Crippen molar-refractivity contribution in [2.24, 2.45) is 0 Å². The maximum Gasteiger partial charge on any atom is 0.321 e. The van der Waals surface area contributed by atoms with Gasteiger partial charge in [-0.05, 0) is 13.3 Å². The summed E-state index contributed by atoms with van der Waals surface area (Å²) in [5.74, 6) is 0. The topological polar surface area (TPSA) is 43.8 Å². The molecule has 4 nitrogen and oxygen atoms in total. The van der Waals surface area contributed by atoms with E-state index in [9.17, 15) is 4.79 Å². The first kappa shape index (κ1) is 8.33. The third-order valence-electron chi connectivity index (χ3n) is 1.92. The van der Waals surface area contributed by atoms with Crippen LogP contribution in [0.1, 0.15) is 13.3 Å². The lowest BCUT2D eigenvalue weighted by molar-refractivity contribution is 0.0201. The van der Waals surface area contributed by atoms with Crippen molar-refractivity contribution in [1.29, 1.82) is 0 Å². The van der Waals surface area contributed by atoms with E-state index in [1.165, 1.54) is 4.90 Å². The van der Waals surface area contributed by atoms with Crippen LogP contribution in [0.2, 0.25) is 0 Å². The molecule has 1 unspecified atom stereocenters. The number of aliphatic hydroxyl groups is 1. The Morgan fingerprint density at radius 1 is 1.55 bits per heavy atom. The van der Waals surface area contributed by atoms with Crippen LogP contribution in [0.25, 0.3) is 0 Å². The van der Waals surface area contributed by atoms with Crippen molar-refractivity contribution < 1.29 is 9.90 Å². The molecule has 0 saturated carbocycles. The molecule has 4 heteroatoms. The number of hydrogen-bond donors (Lipinski definition) is 1. The minimum atomic E-state index is -0.662. The second-order valence-corrected chi connectivity index (χ2v) is 2.88. The first-order valence-corrected chi connectivity index (χ1v) is 3.82. The van der Waals surface area contributed by atoms with Gasteiger partial charge < -0.3 is 10.0 Å². The molecule has 0 bridgehead atoms. The van der Waals surface area contributed by atoms with E-state index in [1.54, 1.807) is 18.9 Å². The first-order chi connectivity index (χ1) is 5.13. The van der Waals surface area contributed by atoms with E-state index in [0.29, 0.717) is 6.54 Å². The summed E-state index contributed by atoms with van der Waals surface area (Å²) < 4.78 is 0. The Bertz CT molecular complexity index is 159. The second-order valence-electron chi connectivity index (χ2n) is 2.88. The predicted molar refractivity (Wildman–Crippen MR) is 41.0 cm³/mol. The van der Waals surface area contributed by atoms with Gasteiger partial charge in [0.1, 0.15) is 6.23 Å². The van der Waals surface area contributed by atoms with Gasteiger partial charge in [-0.2, -0.15) is 0 Å². The van der Waals surface area contributed by atoms with Gasteiger partial charge in [-0.15, -0.1) is 0 Å². The zero-order valence-corrected chi connectivity index (χ0v) is 6.95. The number of carbonyl (C=O) groups is 1. The molecule has 0 spiro atoms. The zero-order chi connectivity index (χ0) is 8.43. The first-order valence-electron chi connectivity index (χ1n) is 3.82. The van der Waals surface area contributed by atoms with Gasteiger partial charge in [-0.25, -0.2) is 4.79 Å². The summed E-state index contributed by atoms with van der Waals surface area (Å²) in [6.07, 6.45) is 0.276. The van der Waals surface area contributed by atoms with Crippen LogP contribution in [0.4, 0.5) is 4.79 Å². The van der Waals surface area contributed by atoms with Crippen LogP contribution in [0.15, 0.2) is 0 Å². The number of urea groups is 1. The molecule has 11 heavy (non-hydrogen) atoms. The van der Waals surface area contributed by atoms with Gasteiger partial charge in [0.25, 0.3) is 0 Å². The van der Waals surface area contributed by atoms with E-state index < -0.39 is 6.23 Å². The number of amides is 2. The molecule has 1 heterocycles. The fraction of sp³-hybridized carbons (Fsp3) is 0.857. The highest BCUT2D eigenvalue weighted by atomic mass is 16.3. The fourth-order valence-electron chi connectivity index (χ4n) is 1.24. The Morgan fingerprint density at radius 2 is 2.18 bits per heavy atom. The van der Waals surface area contributed by atoms with E-state index in [1.807, 2.05) is 0 Å². The molecule has 0 aromatic carbocycles. The fourth-order valence-corrected chi connectivity index (χ4v) is 1.24. The molecule has 64 valence electrons. The van der Waals surface area contributed by atoms with Gasteiger partial charge in [0.2, 0.25) is 0 Å². The lowest BCUT2D eigenvalue weighted by Crippen LogP contribution is -2.50. The van der Waals surface area contributed by atoms with Crippen molar-refractivity contribution in [2.45, 2.75) is 19.6 Å². The van der Waals surface area contributed by atoms with Crippen molar-refractivity contribution in [3.8, 4) is 0 Å². The lowest BCUT2D eigenvalue weighted by atomic mass is 10.3. The minimum Gasteiger partial charge on any atom is -0.374 e. The van der Waals surface area contributed by atoms with E-state index in [4.69, 9.17) is 5.11 Å². The van der Waals surface area contributed by atoms with Crippen molar-refractivity contribution in [3.05, 3.63) is 0 Å². The lowest BCUT2D eigenvalue weighted by Gasteiger charge is -2.34. The number of rotatable bonds is 1. The van der Waals surface area contributed by atoms with Gasteiger partial charge in [0.05, 0.1) is 0 Å². The van der Waals surface area contributed by atoms with Crippen LogP contribution in [-0.2, 0) is 0 Å². The number of hydrogen-bond acceptors (Lipinski definition) is 2. The Kier molecular flexibility index (Phi) is 2.34. The smallest absolute Gasteiger partial charge is 0.321 e. The number of aliphatic hydroxyl groups excluding tert-OH is 1. The third kappa shape index (κ3) is 1.63. The predicted octanol–water partition coefficient (Wildman–Crippen LogP) is 0.0822. The quantitative estimate of drug-likeness (QED) is 0.587. The molecule has 1 aliphatic rings. The molecule has 1 atom stereocenters. The highest BCUT2D eigenvalue weighted by Crippen LogP contribution is 2.08. The zero-order valence-electron chi connectivity index (χ0n) is 6.95. The normalized spacial score (nSPS) is 22.3. The molecule has 0 aromatic rings. The Hall–Kier alpha value is -0.770. The number of carbonyl (C=O) groups excluding carboxylic acids is 1. The molecule has 1 N–H and O–H groups in total. The highest BCUT2D eigenvalue weighted by molar-refractivity contribution is 5.74. The molecular weight excluding hydrogens is 144 g/mol. The van der Waals surface area contributed by atoms with Crippen molar-refractivity contribution in [2.75, 3.05) is 20.1 Å². The summed E-state index contributed by atoms with van der Waals surface area (Å²) in [6.45, 7) is 3.07. The minimum absolute atomic E-state index is 0.0775. The summed E-state index contributed by atoms with van der Waals surface area (Å²) in [6, 6.07) is -0.0775. The second kappa shape index (κ2) is 3.09. The average Bonchev–Trinajstić information content (AvgIpc) is 1.94. The van der Waals surface area contributed by atoms with E-state index in [2.05, 4.69) is 0 Å². The van der Waals surface area contributed by atoms with Crippen molar-refractivity contribution in [1.82, 2.24) is 9.80 Å². The highest BCUT2D eigenvalue weighted by Gasteiger charge is 2.25. The molecule has 0 aliphatic carbocycles. The molecule has 0 aromatic heterocycles. The molecule has 2 amide bonds. The summed E-state index contributed by atoms with van der Waals surface area (Å²) in [5, 5.41) is 9.14. The Balaban J connectivity index is 2.58. The molecule has 1 saturated heterocycles. The number of nitrogens with zero attached hydrogens (tertiary/aromatic N) is 2. The van der Waals surface area contributed by atoms with Crippen LogP contribution in [0, 0.1) is 0 Å². The summed E-state index contributed by atoms with van der Waals surface area (Å²) in [7, 11) is 1.75. The largest absolute Gasteiger partial charge is 0.374 e. The van der Waals surface area contributed by atoms with E-state index in [0.717, 1.165) is 13.0 Å². The van der Waals surface area contributed by atoms with Crippen LogP contribution in [0.3, 0.4) is 0 Å². The standard InChI is InChI=1S/C7H14N2O2/c1-6(10)9-5-3-4-8(2)7(9)11/h6,10H,3-5H2,1-2H3. The van der Waals surface area contributed by atoms with E-state index >= 15 is 0 Å². The summed E-state index contributed by atoms with van der Waals surface area (Å²) in [4.78, 5) is 14.3. The van der Waals surface area contributed by atoms with Gasteiger partial charge >= 0.3 is 6.03 Å². The third-order valence-corrected chi connectivity index (χ3v) is 1.92. The van der Waals surface area contributed by atoms with Crippen molar-refractivity contribution >= 4 is 6.03 Å². The Labute approximate surface area is 66.4 Å². The SMILES string of the molecule is CC(O)N1CCCN(C)C1=O. The monoisotopic (exact) mass is 158 g/mol. The van der Waals surface area contributed by atoms with Crippen LogP contribution in [0.5, 0.6) is 0 Å².